The van der Waals surface area contributed by atoms with Crippen LogP contribution in [-0.4, -0.2) is 19.0 Å². The monoisotopic (exact) mass is 261 g/mol. The number of hydrazine groups is 1. The molecule has 1 aliphatic carbocycles. The van der Waals surface area contributed by atoms with Crippen LogP contribution in [0.4, 0.5) is 0 Å². The number of nitrogens with zero attached hydrogens (tertiary/aromatic N) is 1. The number of rotatable bonds is 3. The van der Waals surface area contributed by atoms with Crippen molar-refractivity contribution in [3.05, 3.63) is 29.8 Å². The zero-order valence-corrected chi connectivity index (χ0v) is 11.6. The first kappa shape index (κ1) is 13.9. The van der Waals surface area contributed by atoms with Crippen LogP contribution in [0.2, 0.25) is 0 Å². The summed E-state index contributed by atoms with van der Waals surface area (Å²) in [5.41, 5.74) is 3.66. The molecule has 0 spiro atoms. The van der Waals surface area contributed by atoms with Crippen molar-refractivity contribution in [3.63, 3.8) is 0 Å². The second-order valence-corrected chi connectivity index (χ2v) is 4.97. The number of hydrogen-bond donors (Lipinski definition) is 2. The van der Waals surface area contributed by atoms with E-state index in [1.54, 1.807) is 7.11 Å². The molecule has 0 unspecified atom stereocenters. The fourth-order valence-corrected chi connectivity index (χ4v) is 2.59. The van der Waals surface area contributed by atoms with Gasteiger partial charge in [-0.3, -0.25) is 4.99 Å². The van der Waals surface area contributed by atoms with Crippen molar-refractivity contribution in [2.45, 2.75) is 44.6 Å². The van der Waals surface area contributed by atoms with E-state index in [1.807, 2.05) is 24.3 Å². The molecule has 0 atom stereocenters. The second-order valence-electron chi connectivity index (χ2n) is 4.97. The number of para-hydroxylation sites is 1. The van der Waals surface area contributed by atoms with Gasteiger partial charge in [-0.1, -0.05) is 37.8 Å². The number of hydrogen-bond acceptors (Lipinski definition) is 3. The van der Waals surface area contributed by atoms with Gasteiger partial charge in [-0.2, -0.15) is 0 Å². The smallest absolute Gasteiger partial charge is 0.146 e. The largest absolute Gasteiger partial charge is 0.496 e. The lowest BCUT2D eigenvalue weighted by molar-refractivity contribution is 0.413. The summed E-state index contributed by atoms with van der Waals surface area (Å²) in [7, 11) is 1.67. The molecule has 4 nitrogen and oxygen atoms in total. The van der Waals surface area contributed by atoms with E-state index in [1.165, 1.54) is 25.7 Å². The van der Waals surface area contributed by atoms with E-state index >= 15 is 0 Å². The third kappa shape index (κ3) is 3.70. The first-order valence-corrected chi connectivity index (χ1v) is 7.03. The summed E-state index contributed by atoms with van der Waals surface area (Å²) >= 11 is 0. The molecule has 0 saturated heterocycles. The van der Waals surface area contributed by atoms with E-state index in [2.05, 4.69) is 5.43 Å². The molecule has 104 valence electrons. The number of amidine groups is 1. The number of benzene rings is 1. The molecule has 19 heavy (non-hydrogen) atoms. The van der Waals surface area contributed by atoms with Crippen LogP contribution in [-0.2, 0) is 0 Å². The fourth-order valence-electron chi connectivity index (χ4n) is 2.59. The van der Waals surface area contributed by atoms with E-state index in [0.29, 0.717) is 6.04 Å². The maximum Gasteiger partial charge on any atom is 0.146 e. The Morgan fingerprint density at radius 1 is 1.21 bits per heavy atom. The first-order chi connectivity index (χ1) is 9.35. The minimum Gasteiger partial charge on any atom is -0.496 e. The number of nitrogens with two attached hydrogens (primary N) is 1. The van der Waals surface area contributed by atoms with Crippen molar-refractivity contribution in [1.82, 2.24) is 5.43 Å². The Morgan fingerprint density at radius 3 is 2.53 bits per heavy atom. The highest BCUT2D eigenvalue weighted by atomic mass is 16.5. The maximum atomic E-state index is 5.65. The van der Waals surface area contributed by atoms with Crippen LogP contribution in [0.5, 0.6) is 5.75 Å². The van der Waals surface area contributed by atoms with Gasteiger partial charge in [-0.15, -0.1) is 0 Å². The Morgan fingerprint density at radius 2 is 1.89 bits per heavy atom. The molecule has 1 aliphatic rings. The highest BCUT2D eigenvalue weighted by Crippen LogP contribution is 2.22. The molecular formula is C15H23N3O. The SMILES string of the molecule is COc1ccccc1C(=NC1CCCCCC1)NN. The average molecular weight is 261 g/mol. The van der Waals surface area contributed by atoms with Crippen molar-refractivity contribution in [3.8, 4) is 5.75 Å². The molecule has 1 aromatic carbocycles. The van der Waals surface area contributed by atoms with Gasteiger partial charge < -0.3 is 10.2 Å². The Balaban J connectivity index is 2.22. The van der Waals surface area contributed by atoms with Crippen LogP contribution in [0.1, 0.15) is 44.1 Å². The van der Waals surface area contributed by atoms with Gasteiger partial charge in [-0.05, 0) is 25.0 Å². The van der Waals surface area contributed by atoms with E-state index in [9.17, 15) is 0 Å². The van der Waals surface area contributed by atoms with Gasteiger partial charge >= 0.3 is 0 Å². The molecule has 0 amide bonds. The third-order valence-electron chi connectivity index (χ3n) is 3.64. The van der Waals surface area contributed by atoms with Gasteiger partial charge in [0.15, 0.2) is 0 Å². The van der Waals surface area contributed by atoms with Gasteiger partial charge in [0.25, 0.3) is 0 Å². The lowest BCUT2D eigenvalue weighted by atomic mass is 10.1. The number of ether oxygens (including phenoxy) is 1. The second kappa shape index (κ2) is 7.14. The van der Waals surface area contributed by atoms with Crippen molar-refractivity contribution >= 4 is 5.84 Å². The van der Waals surface area contributed by atoms with Crippen molar-refractivity contribution in [2.75, 3.05) is 7.11 Å². The molecule has 1 aromatic rings. The molecular weight excluding hydrogens is 238 g/mol. The van der Waals surface area contributed by atoms with E-state index in [-0.39, 0.29) is 0 Å². The highest BCUT2D eigenvalue weighted by molar-refractivity contribution is 6.00. The Hall–Kier alpha value is -1.55. The molecule has 2 rings (SSSR count). The summed E-state index contributed by atoms with van der Waals surface area (Å²) in [5, 5.41) is 0. The number of methoxy groups -OCH3 is 1. The van der Waals surface area contributed by atoms with Crippen LogP contribution in [0, 0.1) is 0 Å². The summed E-state index contributed by atoms with van der Waals surface area (Å²) in [6, 6.07) is 8.20. The fraction of sp³-hybridized carbons (Fsp3) is 0.533. The van der Waals surface area contributed by atoms with Crippen LogP contribution >= 0.6 is 0 Å². The summed E-state index contributed by atoms with van der Waals surface area (Å²) in [6.45, 7) is 0. The van der Waals surface area contributed by atoms with Gasteiger partial charge in [0.1, 0.15) is 11.6 Å². The summed E-state index contributed by atoms with van der Waals surface area (Å²) < 4.78 is 5.37. The molecule has 4 heteroatoms. The predicted octanol–water partition coefficient (Wildman–Crippen LogP) is 2.63. The van der Waals surface area contributed by atoms with Crippen LogP contribution in [0.25, 0.3) is 0 Å². The molecule has 1 fully saturated rings. The topological polar surface area (TPSA) is 59.6 Å². The quantitative estimate of drug-likeness (QED) is 0.289. The van der Waals surface area contributed by atoms with Crippen molar-refractivity contribution < 1.29 is 4.74 Å². The van der Waals surface area contributed by atoms with Crippen molar-refractivity contribution in [1.29, 1.82) is 0 Å². The van der Waals surface area contributed by atoms with E-state index < -0.39 is 0 Å². The first-order valence-electron chi connectivity index (χ1n) is 7.03. The third-order valence-corrected chi connectivity index (χ3v) is 3.64. The maximum absolute atomic E-state index is 5.65. The molecule has 3 N–H and O–H groups in total. The zero-order chi connectivity index (χ0) is 13.5. The predicted molar refractivity (Wildman–Crippen MR) is 78.3 cm³/mol. The number of nitrogens with one attached hydrogen (secondary N) is 1. The molecule has 0 heterocycles. The van der Waals surface area contributed by atoms with Crippen molar-refractivity contribution in [2.24, 2.45) is 10.8 Å². The average Bonchev–Trinajstić information content (AvgIpc) is 2.73. The normalized spacial score (nSPS) is 17.9. The summed E-state index contributed by atoms with van der Waals surface area (Å²) in [6.07, 6.45) is 7.48. The van der Waals surface area contributed by atoms with Gasteiger partial charge in [0.2, 0.25) is 0 Å². The summed E-state index contributed by atoms with van der Waals surface area (Å²) in [4.78, 5) is 4.79. The van der Waals surface area contributed by atoms with E-state index in [0.717, 1.165) is 30.0 Å². The van der Waals surface area contributed by atoms with Gasteiger partial charge in [0.05, 0.1) is 18.7 Å². The lowest BCUT2D eigenvalue weighted by Gasteiger charge is -2.14. The summed E-state index contributed by atoms with van der Waals surface area (Å²) in [5.74, 6) is 7.17. The standard InChI is InChI=1S/C15H23N3O/c1-19-14-11-7-6-10-13(14)15(18-16)17-12-8-4-2-3-5-9-12/h6-7,10-12H,2-5,8-9,16H2,1H3,(H,17,18). The molecule has 0 bridgehead atoms. The lowest BCUT2D eigenvalue weighted by Crippen LogP contribution is -2.32. The molecule has 0 aromatic heterocycles. The van der Waals surface area contributed by atoms with Gasteiger partial charge in [-0.25, -0.2) is 5.84 Å². The van der Waals surface area contributed by atoms with Crippen LogP contribution < -0.4 is 16.0 Å². The zero-order valence-electron chi connectivity index (χ0n) is 11.6. The highest BCUT2D eigenvalue weighted by Gasteiger charge is 2.14. The van der Waals surface area contributed by atoms with Crippen LogP contribution in [0.15, 0.2) is 29.3 Å². The Kier molecular flexibility index (Phi) is 5.21. The molecule has 1 saturated carbocycles. The Bertz CT molecular complexity index is 423. The minimum atomic E-state index is 0.374. The van der Waals surface area contributed by atoms with E-state index in [4.69, 9.17) is 15.6 Å². The molecule has 0 radical (unpaired) electrons. The number of aliphatic imine (C=N–C) groups is 1. The molecule has 0 aliphatic heterocycles. The Labute approximate surface area is 115 Å². The van der Waals surface area contributed by atoms with Crippen LogP contribution in [0.3, 0.4) is 0 Å². The minimum absolute atomic E-state index is 0.374. The van der Waals surface area contributed by atoms with Gasteiger partial charge in [0, 0.05) is 0 Å².